The number of hydrogen-bond donors (Lipinski definition) is 1. The van der Waals surface area contributed by atoms with Crippen molar-refractivity contribution in [3.63, 3.8) is 0 Å². The first-order valence-electron chi connectivity index (χ1n) is 8.71. The molecule has 0 unspecified atom stereocenters. The molecular weight excluding hydrogens is 334 g/mol. The number of nitrogens with zero attached hydrogens (tertiary/aromatic N) is 1. The van der Waals surface area contributed by atoms with Crippen molar-refractivity contribution in [1.29, 1.82) is 0 Å². The summed E-state index contributed by atoms with van der Waals surface area (Å²) in [5.74, 6) is 1.85. The lowest BCUT2D eigenvalue weighted by Gasteiger charge is -2.54. The molecule has 4 rings (SSSR count). The lowest BCUT2D eigenvalue weighted by atomic mass is 9.83. The second-order valence-electron chi connectivity index (χ2n) is 6.97. The summed E-state index contributed by atoms with van der Waals surface area (Å²) in [5, 5.41) is 23.8. The molecular formula is C20H23NO5. The molecule has 6 heteroatoms. The molecule has 2 aromatic carbocycles. The van der Waals surface area contributed by atoms with Crippen LogP contribution in [0.5, 0.6) is 23.0 Å². The molecule has 2 aliphatic heterocycles. The van der Waals surface area contributed by atoms with E-state index in [-0.39, 0.29) is 16.4 Å². The van der Waals surface area contributed by atoms with Crippen LogP contribution in [0.15, 0.2) is 24.3 Å². The van der Waals surface area contributed by atoms with E-state index in [0.29, 0.717) is 43.2 Å². The van der Waals surface area contributed by atoms with Crippen molar-refractivity contribution in [2.45, 2.75) is 25.4 Å². The number of ether oxygens (including phenoxy) is 3. The number of methoxy groups -OCH3 is 3. The zero-order valence-electron chi connectivity index (χ0n) is 15.2. The molecule has 2 aromatic rings. The molecule has 0 radical (unpaired) electrons. The van der Waals surface area contributed by atoms with Gasteiger partial charge in [-0.05, 0) is 29.3 Å². The zero-order valence-corrected chi connectivity index (χ0v) is 15.2. The first-order chi connectivity index (χ1) is 12.5. The van der Waals surface area contributed by atoms with Gasteiger partial charge in [-0.15, -0.1) is 0 Å². The summed E-state index contributed by atoms with van der Waals surface area (Å²) < 4.78 is 15.9. The third kappa shape index (κ3) is 2.40. The Bertz CT molecular complexity index is 866. The Morgan fingerprint density at radius 2 is 1.77 bits per heavy atom. The van der Waals surface area contributed by atoms with Gasteiger partial charge in [0.15, 0.2) is 23.0 Å². The molecule has 0 spiro atoms. The van der Waals surface area contributed by atoms with Crippen LogP contribution in [-0.2, 0) is 19.4 Å². The smallest absolute Gasteiger partial charge is 0.169 e. The van der Waals surface area contributed by atoms with Crippen LogP contribution in [0.2, 0.25) is 0 Å². The van der Waals surface area contributed by atoms with E-state index < -0.39 is 0 Å². The minimum Gasteiger partial charge on any atom is -0.632 e. The standard InChI is InChI=1S/C20H23NO5/c1-24-18-9-13-6-7-21(23)11-15-12(4-5-17(22)20(15)26-3)8-16(21)14(13)10-19(18)25-2/h4-5,9-10,16,22H,6-8,11H2,1-3H3/t16-,21-/m0/s1. The van der Waals surface area contributed by atoms with Crippen molar-refractivity contribution in [1.82, 2.24) is 0 Å². The van der Waals surface area contributed by atoms with E-state index >= 15 is 0 Å². The minimum absolute atomic E-state index is 0.0834. The molecule has 0 bridgehead atoms. The number of phenols is 1. The first-order valence-corrected chi connectivity index (χ1v) is 8.71. The summed E-state index contributed by atoms with van der Waals surface area (Å²) in [4.78, 5) is 0. The van der Waals surface area contributed by atoms with E-state index in [1.807, 2.05) is 18.2 Å². The van der Waals surface area contributed by atoms with E-state index in [0.717, 1.165) is 22.3 Å². The predicted octanol–water partition coefficient (Wildman–Crippen LogP) is 3.09. The fourth-order valence-electron chi connectivity index (χ4n) is 4.37. The Balaban J connectivity index is 1.83. The molecule has 0 saturated carbocycles. The molecule has 0 amide bonds. The highest BCUT2D eigenvalue weighted by Crippen LogP contribution is 2.49. The monoisotopic (exact) mass is 357 g/mol. The van der Waals surface area contributed by atoms with Gasteiger partial charge in [-0.3, -0.25) is 0 Å². The van der Waals surface area contributed by atoms with Gasteiger partial charge in [0.1, 0.15) is 12.6 Å². The third-order valence-electron chi connectivity index (χ3n) is 5.71. The van der Waals surface area contributed by atoms with Crippen LogP contribution in [0, 0.1) is 5.21 Å². The topological polar surface area (TPSA) is 71.0 Å². The van der Waals surface area contributed by atoms with Gasteiger partial charge in [-0.2, -0.15) is 0 Å². The molecule has 1 N–H and O–H groups in total. The van der Waals surface area contributed by atoms with E-state index in [2.05, 4.69) is 0 Å². The second-order valence-corrected chi connectivity index (χ2v) is 6.97. The summed E-state index contributed by atoms with van der Waals surface area (Å²) in [6, 6.07) is 7.28. The van der Waals surface area contributed by atoms with Gasteiger partial charge in [-0.1, -0.05) is 6.07 Å². The maximum absolute atomic E-state index is 13.7. The van der Waals surface area contributed by atoms with Gasteiger partial charge in [0, 0.05) is 18.4 Å². The molecule has 0 aliphatic carbocycles. The molecule has 2 heterocycles. The Labute approximate surface area is 152 Å². The van der Waals surface area contributed by atoms with Crippen molar-refractivity contribution in [2.75, 3.05) is 27.9 Å². The van der Waals surface area contributed by atoms with Crippen LogP contribution in [0.4, 0.5) is 0 Å². The third-order valence-corrected chi connectivity index (χ3v) is 5.71. The van der Waals surface area contributed by atoms with Crippen molar-refractivity contribution in [2.24, 2.45) is 0 Å². The highest BCUT2D eigenvalue weighted by Gasteiger charge is 2.42. The van der Waals surface area contributed by atoms with Crippen LogP contribution in [0.25, 0.3) is 0 Å². The minimum atomic E-state index is -0.338. The number of benzene rings is 2. The molecule has 0 saturated heterocycles. The summed E-state index contributed by atoms with van der Waals surface area (Å²) in [5.41, 5.74) is 4.05. The number of quaternary nitrogens is 1. The number of hydrogen-bond acceptors (Lipinski definition) is 5. The zero-order chi connectivity index (χ0) is 18.5. The van der Waals surface area contributed by atoms with Gasteiger partial charge in [0.05, 0.1) is 33.4 Å². The van der Waals surface area contributed by atoms with Gasteiger partial charge < -0.3 is 29.2 Å². The second kappa shape index (κ2) is 6.07. The van der Waals surface area contributed by atoms with Crippen LogP contribution in [-0.4, -0.2) is 37.6 Å². The maximum Gasteiger partial charge on any atom is 0.169 e. The fraction of sp³-hybridized carbons (Fsp3) is 0.400. The molecule has 0 fully saturated rings. The first kappa shape index (κ1) is 17.0. The van der Waals surface area contributed by atoms with Gasteiger partial charge in [0.25, 0.3) is 0 Å². The normalized spacial score (nSPS) is 23.5. The number of aromatic hydroxyl groups is 1. The van der Waals surface area contributed by atoms with Crippen LogP contribution in [0.3, 0.4) is 0 Å². The summed E-state index contributed by atoms with van der Waals surface area (Å²) in [6.07, 6.45) is 1.30. The Morgan fingerprint density at radius 1 is 1.04 bits per heavy atom. The number of fused-ring (bicyclic) bond motifs is 4. The molecule has 138 valence electrons. The highest BCUT2D eigenvalue weighted by molar-refractivity contribution is 5.53. The molecule has 2 atom stereocenters. The molecule has 0 aromatic heterocycles. The maximum atomic E-state index is 13.7. The average molecular weight is 357 g/mol. The lowest BCUT2D eigenvalue weighted by molar-refractivity contribution is -0.928. The summed E-state index contributed by atoms with van der Waals surface area (Å²) in [7, 11) is 4.76. The van der Waals surface area contributed by atoms with E-state index in [1.165, 1.54) is 7.11 Å². The largest absolute Gasteiger partial charge is 0.632 e. The summed E-state index contributed by atoms with van der Waals surface area (Å²) in [6.45, 7) is 0.788. The summed E-state index contributed by atoms with van der Waals surface area (Å²) >= 11 is 0. The Hall–Kier alpha value is -2.44. The van der Waals surface area contributed by atoms with E-state index in [1.54, 1.807) is 20.3 Å². The Kier molecular flexibility index (Phi) is 3.97. The predicted molar refractivity (Wildman–Crippen MR) is 96.6 cm³/mol. The van der Waals surface area contributed by atoms with Crippen molar-refractivity contribution in [3.8, 4) is 23.0 Å². The average Bonchev–Trinajstić information content (AvgIpc) is 2.65. The quantitative estimate of drug-likeness (QED) is 0.675. The van der Waals surface area contributed by atoms with Crippen LogP contribution >= 0.6 is 0 Å². The number of rotatable bonds is 3. The van der Waals surface area contributed by atoms with Gasteiger partial charge >= 0.3 is 0 Å². The highest BCUT2D eigenvalue weighted by atomic mass is 16.5. The molecule has 6 nitrogen and oxygen atoms in total. The molecule has 2 aliphatic rings. The van der Waals surface area contributed by atoms with Crippen molar-refractivity contribution in [3.05, 3.63) is 51.7 Å². The van der Waals surface area contributed by atoms with Crippen molar-refractivity contribution >= 4 is 0 Å². The van der Waals surface area contributed by atoms with E-state index in [9.17, 15) is 10.3 Å². The SMILES string of the molecule is COc1cc2c(cc1OC)[C@@H]1Cc3ccc(O)c(OC)c3C[N@@+]1([O-])CC2. The number of phenolic OH excluding ortho intramolecular Hbond substituents is 1. The van der Waals surface area contributed by atoms with Crippen LogP contribution < -0.4 is 14.2 Å². The lowest BCUT2D eigenvalue weighted by Crippen LogP contribution is -2.52. The van der Waals surface area contributed by atoms with E-state index in [4.69, 9.17) is 14.2 Å². The van der Waals surface area contributed by atoms with Gasteiger partial charge in [-0.25, -0.2) is 0 Å². The van der Waals surface area contributed by atoms with Crippen molar-refractivity contribution < 1.29 is 24.0 Å². The van der Waals surface area contributed by atoms with Crippen LogP contribution in [0.1, 0.15) is 28.3 Å². The fourth-order valence-corrected chi connectivity index (χ4v) is 4.37. The Morgan fingerprint density at radius 3 is 2.46 bits per heavy atom. The molecule has 26 heavy (non-hydrogen) atoms. The van der Waals surface area contributed by atoms with Gasteiger partial charge in [0.2, 0.25) is 0 Å². The number of hydroxylamine groups is 3.